The van der Waals surface area contributed by atoms with Crippen molar-refractivity contribution in [2.75, 3.05) is 6.61 Å². The fraction of sp³-hybridized carbons (Fsp3) is 1.00. The molecule has 1 heteroatoms. The van der Waals surface area contributed by atoms with Crippen LogP contribution in [0, 0.1) is 22.7 Å². The molecule has 0 spiro atoms. The van der Waals surface area contributed by atoms with Crippen LogP contribution < -0.4 is 0 Å². The summed E-state index contributed by atoms with van der Waals surface area (Å²) in [5.41, 5.74) is 0.992. The van der Waals surface area contributed by atoms with E-state index in [4.69, 9.17) is 0 Å². The van der Waals surface area contributed by atoms with E-state index in [1.54, 1.807) is 0 Å². The quantitative estimate of drug-likeness (QED) is 0.637. The van der Waals surface area contributed by atoms with Gasteiger partial charge in [0.2, 0.25) is 0 Å². The molecule has 2 aliphatic carbocycles. The summed E-state index contributed by atoms with van der Waals surface area (Å²) in [6.45, 7) is 7.59. The van der Waals surface area contributed by atoms with Gasteiger partial charge in [0, 0.05) is 6.61 Å². The van der Waals surface area contributed by atoms with Gasteiger partial charge in [0.1, 0.15) is 0 Å². The van der Waals surface area contributed by atoms with Crippen LogP contribution in [0.4, 0.5) is 0 Å². The molecular weight excluding hydrogens is 148 g/mol. The summed E-state index contributed by atoms with van der Waals surface area (Å²) >= 11 is 0. The number of rotatable bonds is 1. The molecule has 2 fully saturated rings. The molecule has 0 heterocycles. The van der Waals surface area contributed by atoms with Gasteiger partial charge in [-0.25, -0.2) is 0 Å². The van der Waals surface area contributed by atoms with E-state index in [1.807, 2.05) is 0 Å². The first-order valence-corrected chi connectivity index (χ1v) is 5.12. The number of hydrogen-bond acceptors (Lipinski definition) is 1. The van der Waals surface area contributed by atoms with Crippen LogP contribution in [0.15, 0.2) is 0 Å². The van der Waals surface area contributed by atoms with Gasteiger partial charge < -0.3 is 5.11 Å². The number of aliphatic hydroxyl groups is 1. The van der Waals surface area contributed by atoms with E-state index in [-0.39, 0.29) is 0 Å². The maximum absolute atomic E-state index is 9.23. The monoisotopic (exact) mass is 168 g/mol. The second-order valence-electron chi connectivity index (χ2n) is 5.57. The van der Waals surface area contributed by atoms with Gasteiger partial charge >= 0.3 is 0 Å². The van der Waals surface area contributed by atoms with Crippen molar-refractivity contribution in [2.24, 2.45) is 22.7 Å². The molecule has 2 saturated carbocycles. The molecule has 0 saturated heterocycles. The summed E-state index contributed by atoms with van der Waals surface area (Å²) in [4.78, 5) is 0. The predicted molar refractivity (Wildman–Crippen MR) is 49.8 cm³/mol. The van der Waals surface area contributed by atoms with E-state index in [2.05, 4.69) is 20.8 Å². The SMILES string of the molecule is CC1(C)[C@H]2CC[C@]1(C)C[C@H]2CO. The minimum absolute atomic E-state index is 0.406. The van der Waals surface area contributed by atoms with Crippen LogP contribution in [-0.4, -0.2) is 11.7 Å². The van der Waals surface area contributed by atoms with Gasteiger partial charge in [-0.15, -0.1) is 0 Å². The van der Waals surface area contributed by atoms with Crippen LogP contribution in [0.1, 0.15) is 40.0 Å². The Hall–Kier alpha value is -0.0400. The Balaban J connectivity index is 2.30. The molecule has 0 aromatic carbocycles. The van der Waals surface area contributed by atoms with Gasteiger partial charge in [-0.2, -0.15) is 0 Å². The first-order chi connectivity index (χ1) is 5.51. The average Bonchev–Trinajstić information content (AvgIpc) is 2.33. The second kappa shape index (κ2) is 2.25. The van der Waals surface area contributed by atoms with E-state index in [0.29, 0.717) is 23.4 Å². The summed E-state index contributed by atoms with van der Waals surface area (Å²) in [6, 6.07) is 0. The van der Waals surface area contributed by atoms with Gasteiger partial charge in [0.15, 0.2) is 0 Å². The maximum atomic E-state index is 9.23. The molecule has 0 unspecified atom stereocenters. The normalized spacial score (nSPS) is 50.0. The first kappa shape index (κ1) is 8.55. The Morgan fingerprint density at radius 1 is 1.33 bits per heavy atom. The Morgan fingerprint density at radius 2 is 2.00 bits per heavy atom. The van der Waals surface area contributed by atoms with E-state index in [0.717, 1.165) is 5.92 Å². The third-order valence-corrected chi connectivity index (χ3v) is 5.01. The molecule has 1 nitrogen and oxygen atoms in total. The number of fused-ring (bicyclic) bond motifs is 2. The van der Waals surface area contributed by atoms with E-state index in [1.165, 1.54) is 19.3 Å². The van der Waals surface area contributed by atoms with Crippen molar-refractivity contribution in [1.29, 1.82) is 0 Å². The van der Waals surface area contributed by atoms with Crippen LogP contribution in [0.5, 0.6) is 0 Å². The van der Waals surface area contributed by atoms with Gasteiger partial charge in [-0.05, 0) is 41.9 Å². The smallest absolute Gasteiger partial charge is 0.0462 e. The summed E-state index contributed by atoms with van der Waals surface area (Å²) in [5.74, 6) is 1.38. The van der Waals surface area contributed by atoms with Gasteiger partial charge in [0.25, 0.3) is 0 Å². The van der Waals surface area contributed by atoms with Crippen molar-refractivity contribution in [1.82, 2.24) is 0 Å². The van der Waals surface area contributed by atoms with Crippen LogP contribution in [-0.2, 0) is 0 Å². The molecule has 2 aliphatic rings. The lowest BCUT2D eigenvalue weighted by molar-refractivity contribution is 0.149. The molecule has 0 amide bonds. The highest BCUT2D eigenvalue weighted by molar-refractivity contribution is 5.09. The van der Waals surface area contributed by atoms with Gasteiger partial charge in [-0.1, -0.05) is 20.8 Å². The lowest BCUT2D eigenvalue weighted by atomic mass is 9.71. The van der Waals surface area contributed by atoms with Crippen LogP contribution in [0.25, 0.3) is 0 Å². The molecule has 70 valence electrons. The predicted octanol–water partition coefficient (Wildman–Crippen LogP) is 2.44. The van der Waals surface area contributed by atoms with Crippen LogP contribution >= 0.6 is 0 Å². The topological polar surface area (TPSA) is 20.2 Å². The Labute approximate surface area is 75.2 Å². The highest BCUT2D eigenvalue weighted by atomic mass is 16.3. The molecule has 12 heavy (non-hydrogen) atoms. The van der Waals surface area contributed by atoms with Crippen molar-refractivity contribution >= 4 is 0 Å². The molecule has 0 aliphatic heterocycles. The first-order valence-electron chi connectivity index (χ1n) is 5.12. The molecule has 0 aromatic rings. The minimum atomic E-state index is 0.406. The fourth-order valence-corrected chi connectivity index (χ4v) is 3.71. The van der Waals surface area contributed by atoms with Crippen LogP contribution in [0.2, 0.25) is 0 Å². The third kappa shape index (κ3) is 0.783. The molecule has 0 aromatic heterocycles. The molecule has 2 bridgehead atoms. The van der Waals surface area contributed by atoms with Crippen molar-refractivity contribution < 1.29 is 5.11 Å². The molecular formula is C11H20O. The zero-order valence-electron chi connectivity index (χ0n) is 8.43. The minimum Gasteiger partial charge on any atom is -0.396 e. The van der Waals surface area contributed by atoms with Gasteiger partial charge in [0.05, 0.1) is 0 Å². The van der Waals surface area contributed by atoms with Crippen molar-refractivity contribution in [2.45, 2.75) is 40.0 Å². The molecule has 1 N–H and O–H groups in total. The van der Waals surface area contributed by atoms with Crippen molar-refractivity contribution in [3.05, 3.63) is 0 Å². The summed E-state index contributed by atoms with van der Waals surface area (Å²) in [6.07, 6.45) is 3.97. The van der Waals surface area contributed by atoms with Crippen molar-refractivity contribution in [3.63, 3.8) is 0 Å². The lowest BCUT2D eigenvalue weighted by Crippen LogP contribution is -2.26. The molecule has 2 rings (SSSR count). The lowest BCUT2D eigenvalue weighted by Gasteiger charge is -2.34. The third-order valence-electron chi connectivity index (χ3n) is 5.01. The standard InChI is InChI=1S/C11H20O/c1-10(2)9-4-5-11(10,3)6-8(9)7-12/h8-9,12H,4-7H2,1-3H3/t8-,9-,11+/m0/s1. The highest BCUT2D eigenvalue weighted by Crippen LogP contribution is 2.67. The van der Waals surface area contributed by atoms with Gasteiger partial charge in [-0.3, -0.25) is 0 Å². The summed E-state index contributed by atoms with van der Waals surface area (Å²) < 4.78 is 0. The van der Waals surface area contributed by atoms with E-state index < -0.39 is 0 Å². The second-order valence-corrected chi connectivity index (χ2v) is 5.57. The highest BCUT2D eigenvalue weighted by Gasteiger charge is 2.59. The molecule has 0 radical (unpaired) electrons. The summed E-state index contributed by atoms with van der Waals surface area (Å²) in [7, 11) is 0. The molecule has 3 atom stereocenters. The van der Waals surface area contributed by atoms with E-state index in [9.17, 15) is 5.11 Å². The largest absolute Gasteiger partial charge is 0.396 e. The Morgan fingerprint density at radius 3 is 2.25 bits per heavy atom. The van der Waals surface area contributed by atoms with Crippen LogP contribution in [0.3, 0.4) is 0 Å². The fourth-order valence-electron chi connectivity index (χ4n) is 3.71. The zero-order chi connectivity index (χ0) is 8.98. The van der Waals surface area contributed by atoms with E-state index >= 15 is 0 Å². The Kier molecular flexibility index (Phi) is 1.61. The number of hydrogen-bond donors (Lipinski definition) is 1. The Bertz CT molecular complexity index is 194. The summed E-state index contributed by atoms with van der Waals surface area (Å²) in [5, 5.41) is 9.23. The average molecular weight is 168 g/mol. The number of aliphatic hydroxyl groups excluding tert-OH is 1. The van der Waals surface area contributed by atoms with Crippen molar-refractivity contribution in [3.8, 4) is 0 Å². The zero-order valence-corrected chi connectivity index (χ0v) is 8.43. The maximum Gasteiger partial charge on any atom is 0.0462 e.